The molecule has 0 spiro atoms. The molecule has 0 fully saturated rings. The van der Waals surface area contributed by atoms with E-state index in [1.165, 1.54) is 0 Å². The Morgan fingerprint density at radius 3 is 1.91 bits per heavy atom. The number of anilines is 1. The lowest BCUT2D eigenvalue weighted by molar-refractivity contribution is 0.123. The van der Waals surface area contributed by atoms with Gasteiger partial charge in [0.15, 0.2) is 0 Å². The molecule has 1 N–H and O–H groups in total. The highest BCUT2D eigenvalue weighted by Gasteiger charge is 2.36. The highest BCUT2D eigenvalue weighted by Crippen LogP contribution is 2.20. The van der Waals surface area contributed by atoms with Crippen molar-refractivity contribution in [3.8, 4) is 5.75 Å². The van der Waals surface area contributed by atoms with Crippen LogP contribution in [-0.4, -0.2) is 45.0 Å². The van der Waals surface area contributed by atoms with Crippen molar-refractivity contribution in [1.82, 2.24) is 0 Å². The molecule has 1 aromatic rings. The highest BCUT2D eigenvalue weighted by molar-refractivity contribution is 6.70. The van der Waals surface area contributed by atoms with Crippen LogP contribution in [0.2, 0.25) is 25.7 Å². The first-order chi connectivity index (χ1) is 10.3. The topological polar surface area (TPSA) is 49.0 Å². The van der Waals surface area contributed by atoms with Gasteiger partial charge in [-0.05, 0) is 50.3 Å². The van der Waals surface area contributed by atoms with Crippen LogP contribution in [0.4, 0.5) is 5.69 Å². The smallest absolute Gasteiger partial charge is 0.500 e. The summed E-state index contributed by atoms with van der Waals surface area (Å²) >= 11 is 0. The fourth-order valence-electron chi connectivity index (χ4n) is 2.09. The standard InChI is InChI=1S/C15H29NO4Si2/c1-17-22(18-2,19-3)13-7-12-16-14-8-10-15(11-9-14)20-21(4,5)6/h8-11,16H,7,12-13H2,1-6H3. The first-order valence-corrected chi connectivity index (χ1v) is 12.9. The Morgan fingerprint density at radius 2 is 1.45 bits per heavy atom. The van der Waals surface area contributed by atoms with E-state index in [2.05, 4.69) is 25.0 Å². The van der Waals surface area contributed by atoms with Crippen molar-refractivity contribution in [3.63, 3.8) is 0 Å². The third kappa shape index (κ3) is 6.49. The number of hydrogen-bond acceptors (Lipinski definition) is 5. The summed E-state index contributed by atoms with van der Waals surface area (Å²) in [7, 11) is 0.944. The van der Waals surface area contributed by atoms with E-state index in [0.717, 1.165) is 30.4 Å². The summed E-state index contributed by atoms with van der Waals surface area (Å²) in [4.78, 5) is 0. The lowest BCUT2D eigenvalue weighted by atomic mass is 10.3. The summed E-state index contributed by atoms with van der Waals surface area (Å²) in [5.74, 6) is 0.939. The maximum absolute atomic E-state index is 5.94. The molecular formula is C15H29NO4Si2. The third-order valence-corrected chi connectivity index (χ3v) is 6.88. The second-order valence-electron chi connectivity index (χ2n) is 6.06. The Balaban J connectivity index is 2.39. The molecule has 126 valence electrons. The second-order valence-corrected chi connectivity index (χ2v) is 13.6. The molecular weight excluding hydrogens is 314 g/mol. The lowest BCUT2D eigenvalue weighted by Crippen LogP contribution is -2.42. The van der Waals surface area contributed by atoms with Crippen LogP contribution in [0.15, 0.2) is 24.3 Å². The molecule has 5 nitrogen and oxygen atoms in total. The molecule has 0 radical (unpaired) electrons. The molecule has 1 rings (SSSR count). The zero-order valence-corrected chi connectivity index (χ0v) is 16.6. The molecule has 0 unspecified atom stereocenters. The van der Waals surface area contributed by atoms with Gasteiger partial charge in [0.2, 0.25) is 8.32 Å². The fraction of sp³-hybridized carbons (Fsp3) is 0.600. The molecule has 0 atom stereocenters. The van der Waals surface area contributed by atoms with Crippen molar-refractivity contribution >= 4 is 22.8 Å². The molecule has 0 bridgehead atoms. The van der Waals surface area contributed by atoms with Crippen LogP contribution < -0.4 is 9.74 Å². The van der Waals surface area contributed by atoms with E-state index < -0.39 is 17.1 Å². The van der Waals surface area contributed by atoms with Gasteiger partial charge in [-0.1, -0.05) is 0 Å². The van der Waals surface area contributed by atoms with Gasteiger partial charge in [0, 0.05) is 39.6 Å². The molecule has 0 aliphatic rings. The normalized spacial score (nSPS) is 12.3. The van der Waals surface area contributed by atoms with Gasteiger partial charge in [-0.15, -0.1) is 0 Å². The molecule has 22 heavy (non-hydrogen) atoms. The van der Waals surface area contributed by atoms with Crippen molar-refractivity contribution in [2.75, 3.05) is 33.2 Å². The third-order valence-electron chi connectivity index (χ3n) is 3.20. The zero-order valence-electron chi connectivity index (χ0n) is 14.6. The van der Waals surface area contributed by atoms with E-state index in [1.807, 2.05) is 24.3 Å². The largest absolute Gasteiger partial charge is 0.544 e. The van der Waals surface area contributed by atoms with Crippen LogP contribution in [0.5, 0.6) is 5.75 Å². The average Bonchev–Trinajstić information content (AvgIpc) is 2.48. The van der Waals surface area contributed by atoms with Crippen molar-refractivity contribution in [2.45, 2.75) is 32.1 Å². The minimum atomic E-state index is -2.45. The van der Waals surface area contributed by atoms with E-state index >= 15 is 0 Å². The second kappa shape index (κ2) is 8.68. The first-order valence-electron chi connectivity index (χ1n) is 7.52. The van der Waals surface area contributed by atoms with Crippen LogP contribution >= 0.6 is 0 Å². The average molecular weight is 344 g/mol. The zero-order chi connectivity index (χ0) is 16.6. The monoisotopic (exact) mass is 343 g/mol. The van der Waals surface area contributed by atoms with Crippen LogP contribution in [0.25, 0.3) is 0 Å². The molecule has 7 heteroatoms. The Morgan fingerprint density at radius 1 is 0.909 bits per heavy atom. The minimum absolute atomic E-state index is 0.792. The Hall–Kier alpha value is -0.866. The van der Waals surface area contributed by atoms with Crippen LogP contribution in [-0.2, 0) is 13.3 Å². The quantitative estimate of drug-likeness (QED) is 0.520. The van der Waals surface area contributed by atoms with Crippen LogP contribution in [0.3, 0.4) is 0 Å². The predicted octanol–water partition coefficient (Wildman–Crippen LogP) is 3.58. The highest BCUT2D eigenvalue weighted by atomic mass is 28.4. The number of benzene rings is 1. The minimum Gasteiger partial charge on any atom is -0.544 e. The summed E-state index contributed by atoms with van der Waals surface area (Å²) in [6, 6.07) is 8.91. The molecule has 0 amide bonds. The van der Waals surface area contributed by atoms with Gasteiger partial charge in [0.1, 0.15) is 5.75 Å². The molecule has 0 aromatic heterocycles. The number of rotatable bonds is 10. The molecule has 0 aliphatic heterocycles. The van der Waals surface area contributed by atoms with Gasteiger partial charge in [-0.2, -0.15) is 0 Å². The van der Waals surface area contributed by atoms with Crippen molar-refractivity contribution in [3.05, 3.63) is 24.3 Å². The summed E-state index contributed by atoms with van der Waals surface area (Å²) in [5, 5.41) is 3.39. The van der Waals surface area contributed by atoms with Gasteiger partial charge in [-0.25, -0.2) is 0 Å². The first kappa shape index (κ1) is 19.2. The Bertz CT molecular complexity index is 422. The summed E-state index contributed by atoms with van der Waals surface area (Å²) in [6.45, 7) is 7.38. The van der Waals surface area contributed by atoms with Crippen LogP contribution in [0.1, 0.15) is 6.42 Å². The molecule has 0 saturated carbocycles. The maximum Gasteiger partial charge on any atom is 0.500 e. The van der Waals surface area contributed by atoms with E-state index in [0.29, 0.717) is 0 Å². The van der Waals surface area contributed by atoms with Gasteiger partial charge in [0.05, 0.1) is 0 Å². The van der Waals surface area contributed by atoms with E-state index in [-0.39, 0.29) is 0 Å². The number of nitrogens with one attached hydrogen (secondary N) is 1. The number of hydrogen-bond donors (Lipinski definition) is 1. The van der Waals surface area contributed by atoms with E-state index in [4.69, 9.17) is 17.7 Å². The molecule has 0 heterocycles. The SMILES string of the molecule is CO[Si](CCCNc1ccc(O[Si](C)(C)C)cc1)(OC)OC. The summed E-state index contributed by atoms with van der Waals surface area (Å²) in [5.41, 5.74) is 1.09. The van der Waals surface area contributed by atoms with Gasteiger partial charge in [0.25, 0.3) is 0 Å². The van der Waals surface area contributed by atoms with Crippen molar-refractivity contribution in [1.29, 1.82) is 0 Å². The Labute approximate surface area is 136 Å². The fourth-order valence-corrected chi connectivity index (χ4v) is 4.65. The van der Waals surface area contributed by atoms with Gasteiger partial charge < -0.3 is 23.0 Å². The van der Waals surface area contributed by atoms with Crippen LogP contribution in [0, 0.1) is 0 Å². The van der Waals surface area contributed by atoms with Crippen molar-refractivity contribution in [2.24, 2.45) is 0 Å². The Kier molecular flexibility index (Phi) is 7.57. The van der Waals surface area contributed by atoms with E-state index in [1.54, 1.807) is 21.3 Å². The summed E-state index contributed by atoms with van der Waals surface area (Å²) in [6.07, 6.45) is 0.925. The molecule has 1 aromatic carbocycles. The molecule has 0 saturated heterocycles. The van der Waals surface area contributed by atoms with Gasteiger partial charge in [-0.3, -0.25) is 0 Å². The summed E-state index contributed by atoms with van der Waals surface area (Å²) < 4.78 is 22.2. The van der Waals surface area contributed by atoms with Gasteiger partial charge >= 0.3 is 8.80 Å². The molecule has 0 aliphatic carbocycles. The maximum atomic E-state index is 5.94. The van der Waals surface area contributed by atoms with E-state index in [9.17, 15) is 0 Å². The van der Waals surface area contributed by atoms with Crippen molar-refractivity contribution < 1.29 is 17.7 Å². The predicted molar refractivity (Wildman–Crippen MR) is 95.1 cm³/mol. The lowest BCUT2D eigenvalue weighted by Gasteiger charge is -2.24.